The van der Waals surface area contributed by atoms with Crippen LogP contribution in [0.15, 0.2) is 48.5 Å². The Labute approximate surface area is 192 Å². The quantitative estimate of drug-likeness (QED) is 0.564. The lowest BCUT2D eigenvalue weighted by Gasteiger charge is -2.36. The predicted octanol–water partition coefficient (Wildman–Crippen LogP) is 2.71. The summed E-state index contributed by atoms with van der Waals surface area (Å²) in [7, 11) is 0. The lowest BCUT2D eigenvalue weighted by atomic mass is 9.93. The highest BCUT2D eigenvalue weighted by atomic mass is 19.1. The number of carbonyl (C=O) groups excluding carboxylic acids is 2. The number of aliphatic carboxylic acids is 1. The summed E-state index contributed by atoms with van der Waals surface area (Å²) in [4.78, 5) is 39.0. The molecule has 1 amide bonds. The number of benzene rings is 2. The van der Waals surface area contributed by atoms with Crippen LogP contribution in [0.1, 0.15) is 37.0 Å². The van der Waals surface area contributed by atoms with Crippen molar-refractivity contribution in [3.63, 3.8) is 0 Å². The van der Waals surface area contributed by atoms with E-state index < -0.39 is 36.0 Å². The van der Waals surface area contributed by atoms with Crippen molar-refractivity contribution in [1.29, 1.82) is 0 Å². The fourth-order valence-electron chi connectivity index (χ4n) is 4.07. The highest BCUT2D eigenvalue weighted by molar-refractivity contribution is 5.88. The van der Waals surface area contributed by atoms with Crippen LogP contribution in [0, 0.1) is 5.82 Å². The number of halogens is 1. The van der Waals surface area contributed by atoms with Gasteiger partial charge in [0.05, 0.1) is 12.6 Å². The summed E-state index contributed by atoms with van der Waals surface area (Å²) in [6.07, 6.45) is 1.05. The van der Waals surface area contributed by atoms with Crippen LogP contribution >= 0.6 is 0 Å². The molecule has 0 saturated carbocycles. The number of aryl methyl sites for hydroxylation is 1. The Bertz CT molecular complexity index is 995. The molecule has 2 aromatic carbocycles. The predicted molar refractivity (Wildman–Crippen MR) is 120 cm³/mol. The molecule has 1 heterocycles. The van der Waals surface area contributed by atoms with Crippen LogP contribution < -0.4 is 5.32 Å². The summed E-state index contributed by atoms with van der Waals surface area (Å²) in [6.45, 7) is 3.70. The molecule has 3 atom stereocenters. The fourth-order valence-corrected chi connectivity index (χ4v) is 4.07. The van der Waals surface area contributed by atoms with Crippen LogP contribution in [0.4, 0.5) is 4.39 Å². The molecule has 7 nitrogen and oxygen atoms in total. The molecule has 2 N–H and O–H groups in total. The van der Waals surface area contributed by atoms with Crippen molar-refractivity contribution in [3.8, 4) is 0 Å². The van der Waals surface area contributed by atoms with Gasteiger partial charge >= 0.3 is 11.9 Å². The van der Waals surface area contributed by atoms with E-state index in [0.717, 1.165) is 16.7 Å². The Hall–Kier alpha value is -3.26. The third-order valence-corrected chi connectivity index (χ3v) is 5.84. The largest absolute Gasteiger partial charge is 0.480 e. The first kappa shape index (κ1) is 24.4. The molecule has 0 radical (unpaired) electrons. The molecule has 176 valence electrons. The molecule has 2 aromatic rings. The minimum Gasteiger partial charge on any atom is -0.480 e. The zero-order valence-electron chi connectivity index (χ0n) is 18.8. The molecule has 8 heteroatoms. The van der Waals surface area contributed by atoms with Gasteiger partial charge in [0.15, 0.2) is 0 Å². The zero-order chi connectivity index (χ0) is 24.0. The second-order valence-corrected chi connectivity index (χ2v) is 8.15. The van der Waals surface area contributed by atoms with E-state index in [1.165, 1.54) is 17.0 Å². The van der Waals surface area contributed by atoms with Gasteiger partial charge in [0.2, 0.25) is 5.91 Å². The van der Waals surface area contributed by atoms with Gasteiger partial charge < -0.3 is 14.7 Å². The molecule has 0 aliphatic carbocycles. The van der Waals surface area contributed by atoms with E-state index in [9.17, 15) is 23.9 Å². The van der Waals surface area contributed by atoms with Crippen LogP contribution in [0.5, 0.6) is 0 Å². The maximum Gasteiger partial charge on any atom is 0.326 e. The standard InChI is InChI=1S/C25H29FN2O5/c1-3-33-25(32)21(13-10-17-8-11-20(26)12-9-17)27-16(2)23(29)28-15-19-7-5-4-6-18(19)14-22(28)24(30)31/h4-9,11-12,16,21-22,27H,3,10,13-15H2,1-2H3,(H,30,31). The third kappa shape index (κ3) is 6.16. The van der Waals surface area contributed by atoms with Crippen LogP contribution in [0.3, 0.4) is 0 Å². The smallest absolute Gasteiger partial charge is 0.326 e. The number of carboxylic acids is 1. The molecular weight excluding hydrogens is 427 g/mol. The second kappa shape index (κ2) is 11.0. The summed E-state index contributed by atoms with van der Waals surface area (Å²) in [5.74, 6) is -2.29. The van der Waals surface area contributed by atoms with E-state index in [0.29, 0.717) is 12.8 Å². The number of carbonyl (C=O) groups is 3. The minimum absolute atomic E-state index is 0.192. The van der Waals surface area contributed by atoms with Gasteiger partial charge in [0.25, 0.3) is 0 Å². The van der Waals surface area contributed by atoms with Crippen molar-refractivity contribution in [2.75, 3.05) is 6.61 Å². The lowest BCUT2D eigenvalue weighted by molar-refractivity contribution is -0.153. The Morgan fingerprint density at radius 3 is 2.45 bits per heavy atom. The topological polar surface area (TPSA) is 95.9 Å². The van der Waals surface area contributed by atoms with E-state index in [2.05, 4.69) is 5.32 Å². The number of rotatable bonds is 9. The number of nitrogens with one attached hydrogen (secondary N) is 1. The summed E-state index contributed by atoms with van der Waals surface area (Å²) in [5.41, 5.74) is 2.68. The van der Waals surface area contributed by atoms with Gasteiger partial charge in [-0.1, -0.05) is 36.4 Å². The van der Waals surface area contributed by atoms with Gasteiger partial charge in [0.1, 0.15) is 17.9 Å². The molecule has 0 spiro atoms. The molecule has 0 bridgehead atoms. The van der Waals surface area contributed by atoms with Gasteiger partial charge in [-0.2, -0.15) is 0 Å². The first-order chi connectivity index (χ1) is 15.8. The molecule has 1 aliphatic heterocycles. The van der Waals surface area contributed by atoms with Crippen molar-refractivity contribution in [3.05, 3.63) is 71.0 Å². The number of hydrogen-bond donors (Lipinski definition) is 2. The maximum absolute atomic E-state index is 13.3. The molecule has 0 fully saturated rings. The van der Waals surface area contributed by atoms with Crippen molar-refractivity contribution in [2.24, 2.45) is 0 Å². The van der Waals surface area contributed by atoms with E-state index in [4.69, 9.17) is 4.74 Å². The molecule has 3 rings (SSSR count). The number of nitrogens with zero attached hydrogens (tertiary/aromatic N) is 1. The van der Waals surface area contributed by atoms with Gasteiger partial charge in [-0.3, -0.25) is 14.9 Å². The van der Waals surface area contributed by atoms with Gasteiger partial charge in [-0.25, -0.2) is 9.18 Å². The van der Waals surface area contributed by atoms with Crippen molar-refractivity contribution < 1.29 is 28.6 Å². The zero-order valence-corrected chi connectivity index (χ0v) is 18.8. The van der Waals surface area contributed by atoms with Gasteiger partial charge in [-0.05, 0) is 55.5 Å². The molecule has 0 saturated heterocycles. The number of hydrogen-bond acceptors (Lipinski definition) is 5. The summed E-state index contributed by atoms with van der Waals surface area (Å²) in [5, 5.41) is 12.8. The number of esters is 1. The Balaban J connectivity index is 1.72. The first-order valence-electron chi connectivity index (χ1n) is 11.1. The molecule has 3 unspecified atom stereocenters. The Morgan fingerprint density at radius 1 is 1.15 bits per heavy atom. The van der Waals surface area contributed by atoms with E-state index in [1.807, 2.05) is 24.3 Å². The molecular formula is C25H29FN2O5. The van der Waals surface area contributed by atoms with E-state index in [1.54, 1.807) is 26.0 Å². The summed E-state index contributed by atoms with van der Waals surface area (Å²) in [6, 6.07) is 10.9. The Kier molecular flexibility index (Phi) is 8.16. The average molecular weight is 457 g/mol. The first-order valence-corrected chi connectivity index (χ1v) is 11.1. The molecule has 1 aliphatic rings. The molecule has 0 aromatic heterocycles. The maximum atomic E-state index is 13.3. The van der Waals surface area contributed by atoms with Crippen LogP contribution in [-0.2, 0) is 38.5 Å². The average Bonchev–Trinajstić information content (AvgIpc) is 2.81. The van der Waals surface area contributed by atoms with Gasteiger partial charge in [-0.15, -0.1) is 0 Å². The van der Waals surface area contributed by atoms with Crippen molar-refractivity contribution in [1.82, 2.24) is 10.2 Å². The van der Waals surface area contributed by atoms with Crippen LogP contribution in [-0.4, -0.2) is 52.6 Å². The lowest BCUT2D eigenvalue weighted by Crippen LogP contribution is -2.56. The monoisotopic (exact) mass is 456 g/mol. The SMILES string of the molecule is CCOC(=O)C(CCc1ccc(F)cc1)NC(C)C(=O)N1Cc2ccccc2CC1C(=O)O. The molecule has 33 heavy (non-hydrogen) atoms. The summed E-state index contributed by atoms with van der Waals surface area (Å²) < 4.78 is 18.3. The van der Waals surface area contributed by atoms with Crippen molar-refractivity contribution in [2.45, 2.75) is 57.8 Å². The highest BCUT2D eigenvalue weighted by Gasteiger charge is 2.37. The third-order valence-electron chi connectivity index (χ3n) is 5.84. The minimum atomic E-state index is -1.07. The number of carboxylic acid groups (broad SMARTS) is 1. The Morgan fingerprint density at radius 2 is 1.82 bits per heavy atom. The number of fused-ring (bicyclic) bond motifs is 1. The fraction of sp³-hybridized carbons (Fsp3) is 0.400. The summed E-state index contributed by atoms with van der Waals surface area (Å²) >= 11 is 0. The van der Waals surface area contributed by atoms with Gasteiger partial charge in [0, 0.05) is 13.0 Å². The van der Waals surface area contributed by atoms with Crippen LogP contribution in [0.2, 0.25) is 0 Å². The van der Waals surface area contributed by atoms with E-state index in [-0.39, 0.29) is 25.4 Å². The highest BCUT2D eigenvalue weighted by Crippen LogP contribution is 2.24. The second-order valence-electron chi connectivity index (χ2n) is 8.15. The normalized spacial score (nSPS) is 17.1. The number of amides is 1. The van der Waals surface area contributed by atoms with Crippen molar-refractivity contribution >= 4 is 17.8 Å². The van der Waals surface area contributed by atoms with E-state index >= 15 is 0 Å². The number of ether oxygens (including phenoxy) is 1. The van der Waals surface area contributed by atoms with Crippen LogP contribution in [0.25, 0.3) is 0 Å².